The summed E-state index contributed by atoms with van der Waals surface area (Å²) in [6.07, 6.45) is 5.49. The molecule has 1 saturated carbocycles. The van der Waals surface area contributed by atoms with Gasteiger partial charge < -0.3 is 9.84 Å². The van der Waals surface area contributed by atoms with Crippen LogP contribution in [0.25, 0.3) is 16.8 Å². The molecule has 2 heterocycles. The van der Waals surface area contributed by atoms with Gasteiger partial charge in [-0.25, -0.2) is 13.7 Å². The number of ether oxygens (including phenoxy) is 1. The van der Waals surface area contributed by atoms with E-state index in [9.17, 15) is 20.0 Å². The Kier molecular flexibility index (Phi) is 8.83. The van der Waals surface area contributed by atoms with Crippen molar-refractivity contribution >= 4 is 11.6 Å². The van der Waals surface area contributed by atoms with Crippen molar-refractivity contribution in [2.75, 3.05) is 0 Å². The van der Waals surface area contributed by atoms with E-state index in [1.807, 2.05) is 28.1 Å². The molecule has 0 saturated heterocycles. The lowest BCUT2D eigenvalue weighted by Crippen LogP contribution is -2.36. The lowest BCUT2D eigenvalue weighted by atomic mass is 9.92. The van der Waals surface area contributed by atoms with Crippen molar-refractivity contribution in [3.63, 3.8) is 0 Å². The van der Waals surface area contributed by atoms with E-state index in [1.54, 1.807) is 43.5 Å². The van der Waals surface area contributed by atoms with E-state index < -0.39 is 17.9 Å². The van der Waals surface area contributed by atoms with E-state index >= 15 is 4.39 Å². The quantitative estimate of drug-likeness (QED) is 0.247. The van der Waals surface area contributed by atoms with Crippen molar-refractivity contribution in [1.29, 1.82) is 5.26 Å². The summed E-state index contributed by atoms with van der Waals surface area (Å²) in [5.74, 6) is -1.40. The van der Waals surface area contributed by atoms with Crippen LogP contribution in [0.2, 0.25) is 0 Å². The number of halogens is 1. The largest absolute Gasteiger partial charge is 0.479 e. The monoisotopic (exact) mass is 570 g/mol. The topological polar surface area (TPSA) is 110 Å². The molecule has 42 heavy (non-hydrogen) atoms. The van der Waals surface area contributed by atoms with Crippen LogP contribution in [0.5, 0.6) is 0 Å². The second-order valence-corrected chi connectivity index (χ2v) is 10.9. The maximum Gasteiger partial charge on any atom is 0.332 e. The maximum atomic E-state index is 15.4. The molecular weight excluding hydrogens is 535 g/mol. The highest BCUT2D eigenvalue weighted by atomic mass is 19.1. The van der Waals surface area contributed by atoms with E-state index in [4.69, 9.17) is 4.74 Å². The van der Waals surface area contributed by atoms with Crippen LogP contribution in [-0.2, 0) is 22.4 Å². The number of carboxylic acid groups (broad SMARTS) is 1. The van der Waals surface area contributed by atoms with Crippen molar-refractivity contribution in [1.82, 2.24) is 14.2 Å². The van der Waals surface area contributed by atoms with Gasteiger partial charge in [-0.1, -0.05) is 50.6 Å². The van der Waals surface area contributed by atoms with Crippen LogP contribution in [0.1, 0.15) is 80.8 Å². The molecule has 1 unspecified atom stereocenters. The second-order valence-electron chi connectivity index (χ2n) is 10.9. The van der Waals surface area contributed by atoms with E-state index in [0.29, 0.717) is 66.3 Å². The van der Waals surface area contributed by atoms with Gasteiger partial charge in [-0.2, -0.15) is 10.4 Å². The molecule has 1 aliphatic carbocycles. The number of fused-ring (bicyclic) bond motifs is 1. The molecule has 0 spiro atoms. The average molecular weight is 571 g/mol. The number of benzene rings is 2. The van der Waals surface area contributed by atoms with E-state index in [-0.39, 0.29) is 24.1 Å². The van der Waals surface area contributed by atoms with Crippen LogP contribution >= 0.6 is 0 Å². The van der Waals surface area contributed by atoms with Gasteiger partial charge in [0, 0.05) is 35.2 Å². The summed E-state index contributed by atoms with van der Waals surface area (Å²) in [6.45, 7) is 3.85. The number of carboxylic acids is 1. The zero-order valence-electron chi connectivity index (χ0n) is 23.9. The third-order valence-corrected chi connectivity index (χ3v) is 8.20. The van der Waals surface area contributed by atoms with Crippen molar-refractivity contribution < 1.29 is 19.0 Å². The maximum absolute atomic E-state index is 15.4. The third-order valence-electron chi connectivity index (χ3n) is 8.20. The summed E-state index contributed by atoms with van der Waals surface area (Å²) >= 11 is 0. The van der Waals surface area contributed by atoms with Crippen LogP contribution in [0.3, 0.4) is 0 Å². The molecule has 0 amide bonds. The summed E-state index contributed by atoms with van der Waals surface area (Å²) in [5, 5.41) is 23.4. The van der Waals surface area contributed by atoms with Gasteiger partial charge in [0.05, 0.1) is 29.6 Å². The van der Waals surface area contributed by atoms with E-state index in [1.165, 1.54) is 6.07 Å². The fourth-order valence-corrected chi connectivity index (χ4v) is 6.12. The van der Waals surface area contributed by atoms with Gasteiger partial charge in [0.25, 0.3) is 5.56 Å². The molecule has 0 bridgehead atoms. The van der Waals surface area contributed by atoms with Gasteiger partial charge in [-0.3, -0.25) is 9.36 Å². The highest BCUT2D eigenvalue weighted by Gasteiger charge is 2.30. The van der Waals surface area contributed by atoms with Crippen LogP contribution in [0.4, 0.5) is 4.39 Å². The first-order valence-electron chi connectivity index (χ1n) is 14.6. The number of aromatic nitrogens is 3. The Morgan fingerprint density at radius 2 is 1.90 bits per heavy atom. The highest BCUT2D eigenvalue weighted by molar-refractivity contribution is 5.72. The molecular formula is C33H35FN4O4. The summed E-state index contributed by atoms with van der Waals surface area (Å²) in [7, 11) is 0. The molecule has 0 aliphatic heterocycles. The lowest BCUT2D eigenvalue weighted by molar-refractivity contribution is -0.156. The van der Waals surface area contributed by atoms with Crippen molar-refractivity contribution in [2.45, 2.75) is 83.5 Å². The van der Waals surface area contributed by atoms with Crippen LogP contribution < -0.4 is 5.56 Å². The van der Waals surface area contributed by atoms with Gasteiger partial charge in [0.1, 0.15) is 11.5 Å². The molecule has 1 aliphatic rings. The Bertz CT molecular complexity index is 1690. The number of hydrogen-bond acceptors (Lipinski definition) is 5. The van der Waals surface area contributed by atoms with Gasteiger partial charge >= 0.3 is 5.97 Å². The standard InChI is InChI=1S/C33H35FN4O4/c1-3-7-29-27(18-21-10-15-26(28(34)19-21)25-9-6-5-8-22(25)20-35)32(39)37(31-16-17-36-38(29)31)23-11-13-24(14-12-23)42-30(4-2)33(40)41/h5-6,8-10,15-17,19,23-24,30H,3-4,7,11-14,18H2,1-2H3,(H,40,41)/t23-,24-,30?. The van der Waals surface area contributed by atoms with Crippen LogP contribution in [0, 0.1) is 17.1 Å². The lowest BCUT2D eigenvalue weighted by Gasteiger charge is -2.32. The van der Waals surface area contributed by atoms with E-state index in [2.05, 4.69) is 11.2 Å². The summed E-state index contributed by atoms with van der Waals surface area (Å²) in [4.78, 5) is 25.7. The predicted molar refractivity (Wildman–Crippen MR) is 157 cm³/mol. The molecule has 5 rings (SSSR count). The Hall–Kier alpha value is -4.29. The van der Waals surface area contributed by atoms with Crippen molar-refractivity contribution in [3.05, 3.63) is 93.3 Å². The number of rotatable bonds is 10. The average Bonchev–Trinajstić information content (AvgIpc) is 3.47. The molecule has 8 nitrogen and oxygen atoms in total. The number of hydrogen-bond donors (Lipinski definition) is 1. The Morgan fingerprint density at radius 3 is 2.57 bits per heavy atom. The minimum atomic E-state index is -0.952. The SMILES string of the molecule is CCCc1c(Cc2ccc(-c3ccccc3C#N)c(F)c2)c(=O)n([C@H]2CC[C@H](OC(CC)C(=O)O)CC2)c2ccnn12. The third kappa shape index (κ3) is 5.72. The first kappa shape index (κ1) is 29.2. The highest BCUT2D eigenvalue weighted by Crippen LogP contribution is 2.32. The van der Waals surface area contributed by atoms with Gasteiger partial charge in [0.15, 0.2) is 6.10 Å². The minimum Gasteiger partial charge on any atom is -0.479 e. The first-order chi connectivity index (χ1) is 20.4. The Morgan fingerprint density at radius 1 is 1.14 bits per heavy atom. The van der Waals surface area contributed by atoms with Crippen molar-refractivity contribution in [3.8, 4) is 17.2 Å². The molecule has 0 radical (unpaired) electrons. The molecule has 1 atom stereocenters. The summed E-state index contributed by atoms with van der Waals surface area (Å²) in [6, 6.07) is 15.7. The zero-order chi connectivity index (χ0) is 29.8. The second kappa shape index (κ2) is 12.7. The Labute approximate surface area is 244 Å². The fraction of sp³-hybridized carbons (Fsp3) is 0.394. The number of aliphatic carboxylic acids is 1. The number of aryl methyl sites for hydroxylation is 1. The Balaban J connectivity index is 1.48. The number of nitrogens with zero attached hydrogens (tertiary/aromatic N) is 4. The molecule has 9 heteroatoms. The molecule has 2 aromatic carbocycles. The van der Waals surface area contributed by atoms with E-state index in [0.717, 1.165) is 17.8 Å². The summed E-state index contributed by atoms with van der Waals surface area (Å²) < 4.78 is 24.9. The molecule has 1 fully saturated rings. The fourth-order valence-electron chi connectivity index (χ4n) is 6.12. The van der Waals surface area contributed by atoms with Crippen molar-refractivity contribution in [2.24, 2.45) is 0 Å². The first-order valence-corrected chi connectivity index (χ1v) is 14.6. The molecule has 218 valence electrons. The van der Waals surface area contributed by atoms with Gasteiger partial charge in [-0.05, 0) is 56.2 Å². The zero-order valence-corrected chi connectivity index (χ0v) is 23.9. The number of carbonyl (C=O) groups is 1. The smallest absolute Gasteiger partial charge is 0.332 e. The van der Waals surface area contributed by atoms with Gasteiger partial charge in [-0.15, -0.1) is 0 Å². The van der Waals surface area contributed by atoms with Gasteiger partial charge in [0.2, 0.25) is 0 Å². The van der Waals surface area contributed by atoms with Crippen LogP contribution in [-0.4, -0.2) is 37.5 Å². The molecule has 2 aromatic heterocycles. The normalized spacial score (nSPS) is 17.7. The minimum absolute atomic E-state index is 0.0857. The molecule has 1 N–H and O–H groups in total. The molecule has 4 aromatic rings. The number of nitriles is 1. The summed E-state index contributed by atoms with van der Waals surface area (Å²) in [5.41, 5.74) is 3.97. The van der Waals surface area contributed by atoms with Crippen LogP contribution in [0.15, 0.2) is 59.5 Å². The predicted octanol–water partition coefficient (Wildman–Crippen LogP) is 6.08.